The Morgan fingerprint density at radius 2 is 1.68 bits per heavy atom. The molecule has 0 aliphatic rings. The average Bonchev–Trinajstić information content (AvgIpc) is 2.69. The Morgan fingerprint density at radius 3 is 2.43 bits per heavy atom. The van der Waals surface area contributed by atoms with Gasteiger partial charge in [0.15, 0.2) is 0 Å². The minimum Gasteiger partial charge on any atom is -0.370 e. The van der Waals surface area contributed by atoms with Crippen molar-refractivity contribution in [2.45, 2.75) is 32.6 Å². The van der Waals surface area contributed by atoms with Crippen LogP contribution >= 0.6 is 0 Å². The second-order valence-electron chi connectivity index (χ2n) is 7.70. The molecule has 3 aromatic rings. The standard InChI is InChI=1S/C23H26N4O/c1-23(2,3)18-11-7-8-12-19(18)27-22(28)20-15-21(26-16-25-20)24-14-13-17-9-5-4-6-10-17/h4-12,15-16H,13-14H2,1-3H3,(H,27,28)(H,24,25,26). The molecule has 0 saturated heterocycles. The van der Waals surface area contributed by atoms with Gasteiger partial charge in [-0.15, -0.1) is 0 Å². The summed E-state index contributed by atoms with van der Waals surface area (Å²) in [6, 6.07) is 19.8. The summed E-state index contributed by atoms with van der Waals surface area (Å²) in [5.74, 6) is 0.394. The largest absolute Gasteiger partial charge is 0.370 e. The molecule has 144 valence electrons. The first-order valence-corrected chi connectivity index (χ1v) is 9.44. The summed E-state index contributed by atoms with van der Waals surface area (Å²) < 4.78 is 0. The van der Waals surface area contributed by atoms with Crippen LogP contribution in [0, 0.1) is 0 Å². The Morgan fingerprint density at radius 1 is 0.964 bits per heavy atom. The highest BCUT2D eigenvalue weighted by molar-refractivity contribution is 6.03. The minimum absolute atomic E-state index is 0.0697. The molecule has 0 aliphatic carbocycles. The molecule has 5 heteroatoms. The van der Waals surface area contributed by atoms with Gasteiger partial charge in [-0.05, 0) is 29.0 Å². The average molecular weight is 374 g/mol. The smallest absolute Gasteiger partial charge is 0.274 e. The zero-order valence-electron chi connectivity index (χ0n) is 16.6. The first-order valence-electron chi connectivity index (χ1n) is 9.44. The predicted molar refractivity (Wildman–Crippen MR) is 114 cm³/mol. The molecule has 2 aromatic carbocycles. The highest BCUT2D eigenvalue weighted by atomic mass is 16.1. The van der Waals surface area contributed by atoms with E-state index in [1.807, 2.05) is 42.5 Å². The van der Waals surface area contributed by atoms with Crippen molar-refractivity contribution in [3.63, 3.8) is 0 Å². The molecule has 3 rings (SSSR count). The summed E-state index contributed by atoms with van der Waals surface area (Å²) in [6.45, 7) is 7.10. The minimum atomic E-state index is -0.245. The number of carbonyl (C=O) groups is 1. The molecule has 0 fully saturated rings. The maximum Gasteiger partial charge on any atom is 0.274 e. The lowest BCUT2D eigenvalue weighted by Gasteiger charge is -2.22. The monoisotopic (exact) mass is 374 g/mol. The summed E-state index contributed by atoms with van der Waals surface area (Å²) in [4.78, 5) is 21.1. The SMILES string of the molecule is CC(C)(C)c1ccccc1NC(=O)c1cc(NCCc2ccccc2)ncn1. The third-order valence-corrected chi connectivity index (χ3v) is 4.45. The molecular formula is C23H26N4O. The van der Waals surface area contributed by atoms with Crippen LogP contribution in [-0.4, -0.2) is 22.4 Å². The number of aromatic nitrogens is 2. The van der Waals surface area contributed by atoms with E-state index < -0.39 is 0 Å². The van der Waals surface area contributed by atoms with Crippen LogP contribution in [0.25, 0.3) is 0 Å². The van der Waals surface area contributed by atoms with Gasteiger partial charge in [0, 0.05) is 18.3 Å². The van der Waals surface area contributed by atoms with Crippen LogP contribution in [-0.2, 0) is 11.8 Å². The van der Waals surface area contributed by atoms with Gasteiger partial charge in [-0.1, -0.05) is 69.3 Å². The Bertz CT molecular complexity index is 933. The molecule has 0 saturated carbocycles. The van der Waals surface area contributed by atoms with Crippen molar-refractivity contribution in [2.75, 3.05) is 17.2 Å². The van der Waals surface area contributed by atoms with E-state index in [-0.39, 0.29) is 11.3 Å². The van der Waals surface area contributed by atoms with Crippen molar-refractivity contribution >= 4 is 17.4 Å². The van der Waals surface area contributed by atoms with E-state index in [1.54, 1.807) is 6.07 Å². The lowest BCUT2D eigenvalue weighted by Crippen LogP contribution is -2.19. The highest BCUT2D eigenvalue weighted by Crippen LogP contribution is 2.29. The number of nitrogens with zero attached hydrogens (tertiary/aromatic N) is 2. The maximum atomic E-state index is 12.7. The number of carbonyl (C=O) groups excluding carboxylic acids is 1. The topological polar surface area (TPSA) is 66.9 Å². The third kappa shape index (κ3) is 5.16. The normalized spacial score (nSPS) is 11.1. The molecule has 5 nitrogen and oxygen atoms in total. The molecule has 0 bridgehead atoms. The van der Waals surface area contributed by atoms with Crippen molar-refractivity contribution < 1.29 is 4.79 Å². The van der Waals surface area contributed by atoms with E-state index >= 15 is 0 Å². The second-order valence-corrected chi connectivity index (χ2v) is 7.70. The van der Waals surface area contributed by atoms with Crippen molar-refractivity contribution in [1.29, 1.82) is 0 Å². The van der Waals surface area contributed by atoms with Crippen LogP contribution in [0.15, 0.2) is 67.0 Å². The zero-order valence-corrected chi connectivity index (χ0v) is 16.6. The summed E-state index contributed by atoms with van der Waals surface area (Å²) >= 11 is 0. The van der Waals surface area contributed by atoms with Crippen LogP contribution < -0.4 is 10.6 Å². The predicted octanol–water partition coefficient (Wildman–Crippen LogP) is 4.68. The molecule has 0 unspecified atom stereocenters. The van der Waals surface area contributed by atoms with Crippen molar-refractivity contribution in [3.8, 4) is 0 Å². The van der Waals surface area contributed by atoms with Crippen molar-refractivity contribution in [3.05, 3.63) is 83.8 Å². The molecular weight excluding hydrogens is 348 g/mol. The van der Waals surface area contributed by atoms with E-state index in [4.69, 9.17) is 0 Å². The Hall–Kier alpha value is -3.21. The van der Waals surface area contributed by atoms with E-state index in [0.29, 0.717) is 11.5 Å². The number of anilines is 2. The summed E-state index contributed by atoms with van der Waals surface area (Å²) in [5, 5.41) is 6.24. The Labute approximate surface area is 166 Å². The Balaban J connectivity index is 1.66. The van der Waals surface area contributed by atoms with Crippen LogP contribution in [0.5, 0.6) is 0 Å². The van der Waals surface area contributed by atoms with Gasteiger partial charge in [-0.3, -0.25) is 4.79 Å². The van der Waals surface area contributed by atoms with Gasteiger partial charge in [0.1, 0.15) is 17.8 Å². The second kappa shape index (κ2) is 8.65. The number of para-hydroxylation sites is 1. The first-order chi connectivity index (χ1) is 13.4. The van der Waals surface area contributed by atoms with Crippen LogP contribution in [0.3, 0.4) is 0 Å². The van der Waals surface area contributed by atoms with Gasteiger partial charge in [0.05, 0.1) is 0 Å². The summed E-state index contributed by atoms with van der Waals surface area (Å²) in [5.41, 5.74) is 3.40. The number of nitrogens with one attached hydrogen (secondary N) is 2. The van der Waals surface area contributed by atoms with Crippen LogP contribution in [0.2, 0.25) is 0 Å². The highest BCUT2D eigenvalue weighted by Gasteiger charge is 2.19. The van der Waals surface area contributed by atoms with E-state index in [9.17, 15) is 4.79 Å². The molecule has 0 radical (unpaired) electrons. The van der Waals surface area contributed by atoms with Gasteiger partial charge < -0.3 is 10.6 Å². The van der Waals surface area contributed by atoms with Crippen molar-refractivity contribution in [1.82, 2.24) is 9.97 Å². The van der Waals surface area contributed by atoms with E-state index in [1.165, 1.54) is 11.9 Å². The molecule has 2 N–H and O–H groups in total. The fourth-order valence-electron chi connectivity index (χ4n) is 2.99. The molecule has 1 heterocycles. The lowest BCUT2D eigenvalue weighted by atomic mass is 9.86. The summed E-state index contributed by atoms with van der Waals surface area (Å²) in [7, 11) is 0. The number of rotatable bonds is 6. The van der Waals surface area contributed by atoms with Gasteiger partial charge in [0.25, 0.3) is 5.91 Å². The molecule has 1 aromatic heterocycles. The molecule has 1 amide bonds. The quantitative estimate of drug-likeness (QED) is 0.657. The van der Waals surface area contributed by atoms with Gasteiger partial charge in [-0.25, -0.2) is 9.97 Å². The van der Waals surface area contributed by atoms with E-state index in [0.717, 1.165) is 24.2 Å². The van der Waals surface area contributed by atoms with Crippen LogP contribution in [0.1, 0.15) is 42.4 Å². The van der Waals surface area contributed by atoms with Gasteiger partial charge in [-0.2, -0.15) is 0 Å². The fourth-order valence-corrected chi connectivity index (χ4v) is 2.99. The fraction of sp³-hybridized carbons (Fsp3) is 0.261. The third-order valence-electron chi connectivity index (χ3n) is 4.45. The van der Waals surface area contributed by atoms with Gasteiger partial charge in [0.2, 0.25) is 0 Å². The number of amides is 1. The maximum absolute atomic E-state index is 12.7. The molecule has 0 atom stereocenters. The molecule has 28 heavy (non-hydrogen) atoms. The molecule has 0 spiro atoms. The molecule has 0 aliphatic heterocycles. The lowest BCUT2D eigenvalue weighted by molar-refractivity contribution is 0.102. The van der Waals surface area contributed by atoms with Gasteiger partial charge >= 0.3 is 0 Å². The van der Waals surface area contributed by atoms with Crippen molar-refractivity contribution in [2.24, 2.45) is 0 Å². The number of benzene rings is 2. The number of hydrogen-bond acceptors (Lipinski definition) is 4. The zero-order chi connectivity index (χ0) is 20.0. The Kier molecular flexibility index (Phi) is 6.04. The first kappa shape index (κ1) is 19.5. The summed E-state index contributed by atoms with van der Waals surface area (Å²) in [6.07, 6.45) is 2.29. The van der Waals surface area contributed by atoms with E-state index in [2.05, 4.69) is 53.5 Å². The van der Waals surface area contributed by atoms with Crippen LogP contribution in [0.4, 0.5) is 11.5 Å². The number of hydrogen-bond donors (Lipinski definition) is 2.